The SMILES string of the molecule is CCC[CH2][Sn+]([CH]1CCCCC1)[CH]1CCCCC1.[Cl-]. The molecule has 0 aromatic rings. The van der Waals surface area contributed by atoms with Crippen molar-refractivity contribution in [3.63, 3.8) is 0 Å². The Balaban J connectivity index is 0.00000162. The van der Waals surface area contributed by atoms with Gasteiger partial charge in [-0.25, -0.2) is 0 Å². The van der Waals surface area contributed by atoms with Crippen molar-refractivity contribution in [3.05, 3.63) is 0 Å². The van der Waals surface area contributed by atoms with Crippen LogP contribution < -0.4 is 12.4 Å². The molecule has 2 aliphatic carbocycles. The number of rotatable bonds is 5. The topological polar surface area (TPSA) is 0 Å². The van der Waals surface area contributed by atoms with E-state index in [1.54, 1.807) is 75.1 Å². The molecule has 106 valence electrons. The summed E-state index contributed by atoms with van der Waals surface area (Å²) in [6.07, 6.45) is 19.0. The van der Waals surface area contributed by atoms with Gasteiger partial charge in [-0.1, -0.05) is 0 Å². The molecule has 2 fully saturated rings. The molecule has 18 heavy (non-hydrogen) atoms. The van der Waals surface area contributed by atoms with Gasteiger partial charge in [0.1, 0.15) is 0 Å². The summed E-state index contributed by atoms with van der Waals surface area (Å²) in [4.78, 5) is 0. The Kier molecular flexibility index (Phi) is 9.44. The fourth-order valence-corrected chi connectivity index (χ4v) is 17.0. The molecule has 0 unspecified atom stereocenters. The van der Waals surface area contributed by atoms with E-state index in [4.69, 9.17) is 0 Å². The maximum atomic E-state index is 2.39. The van der Waals surface area contributed by atoms with E-state index in [1.807, 2.05) is 0 Å². The quantitative estimate of drug-likeness (QED) is 0.646. The van der Waals surface area contributed by atoms with Crippen molar-refractivity contribution in [1.82, 2.24) is 0 Å². The molecule has 0 radical (unpaired) electrons. The van der Waals surface area contributed by atoms with Gasteiger partial charge in [0.2, 0.25) is 0 Å². The second-order valence-corrected chi connectivity index (χ2v) is 15.7. The van der Waals surface area contributed by atoms with Crippen LogP contribution in [0.5, 0.6) is 0 Å². The van der Waals surface area contributed by atoms with Gasteiger partial charge < -0.3 is 12.4 Å². The smallest absolute Gasteiger partial charge is 1.00 e. The average Bonchev–Trinajstić information content (AvgIpc) is 2.42. The predicted octanol–water partition coefficient (Wildman–Crippen LogP) is 2.95. The van der Waals surface area contributed by atoms with Crippen LogP contribution in [0.3, 0.4) is 0 Å². The first-order chi connectivity index (χ1) is 8.42. The third-order valence-electron chi connectivity index (χ3n) is 5.08. The summed E-state index contributed by atoms with van der Waals surface area (Å²) in [6, 6.07) is 0. The number of halogens is 1. The van der Waals surface area contributed by atoms with E-state index in [9.17, 15) is 0 Å². The van der Waals surface area contributed by atoms with Crippen molar-refractivity contribution in [2.24, 2.45) is 0 Å². The van der Waals surface area contributed by atoms with Gasteiger partial charge in [0.05, 0.1) is 0 Å². The van der Waals surface area contributed by atoms with Crippen molar-refractivity contribution in [1.29, 1.82) is 0 Å². The molecule has 0 bridgehead atoms. The maximum Gasteiger partial charge on any atom is -1.00 e. The molecular formula is C16H31ClSn. The minimum Gasteiger partial charge on any atom is -1.00 e. The van der Waals surface area contributed by atoms with Crippen LogP contribution in [0.1, 0.15) is 84.0 Å². The normalized spacial score (nSPS) is 22.5. The van der Waals surface area contributed by atoms with Gasteiger partial charge in [0.25, 0.3) is 0 Å². The summed E-state index contributed by atoms with van der Waals surface area (Å²) >= 11 is -1.05. The number of unbranched alkanes of at least 4 members (excludes halogenated alkanes) is 1. The van der Waals surface area contributed by atoms with Gasteiger partial charge >= 0.3 is 116 Å². The van der Waals surface area contributed by atoms with Crippen LogP contribution in [0.2, 0.25) is 12.3 Å². The van der Waals surface area contributed by atoms with Crippen LogP contribution in [0, 0.1) is 0 Å². The Bertz CT molecular complexity index is 177. The third-order valence-corrected chi connectivity index (χ3v) is 17.0. The van der Waals surface area contributed by atoms with Crippen molar-refractivity contribution in [2.45, 2.75) is 96.3 Å². The zero-order chi connectivity index (χ0) is 11.9. The van der Waals surface area contributed by atoms with E-state index in [-0.39, 0.29) is 12.4 Å². The molecule has 0 aromatic carbocycles. The monoisotopic (exact) mass is 378 g/mol. The Morgan fingerprint density at radius 3 is 1.61 bits per heavy atom. The largest absolute Gasteiger partial charge is 1.00 e. The Hall–Kier alpha value is 1.09. The molecule has 0 saturated heterocycles. The molecule has 0 spiro atoms. The number of hydrogen-bond donors (Lipinski definition) is 0. The summed E-state index contributed by atoms with van der Waals surface area (Å²) < 4.78 is 4.36. The van der Waals surface area contributed by atoms with Crippen molar-refractivity contribution in [3.8, 4) is 0 Å². The zero-order valence-electron chi connectivity index (χ0n) is 12.2. The Labute approximate surface area is 128 Å². The fraction of sp³-hybridized carbons (Fsp3) is 1.00. The van der Waals surface area contributed by atoms with Crippen molar-refractivity contribution < 1.29 is 12.4 Å². The summed E-state index contributed by atoms with van der Waals surface area (Å²) in [5.41, 5.74) is 0. The molecule has 0 heterocycles. The first kappa shape index (κ1) is 17.1. The standard InChI is InChI=1S/2C6H11.C4H9.ClH.Sn/c2*1-2-4-6-5-3-1;1-3-4-2;;/h2*1H,2-6H2;1,3-4H2,2H3;1H;/q;;;;+1/p-1. The molecule has 0 amide bonds. The predicted molar refractivity (Wildman–Crippen MR) is 79.1 cm³/mol. The summed E-state index contributed by atoms with van der Waals surface area (Å²) in [5.74, 6) is 0. The van der Waals surface area contributed by atoms with E-state index < -0.39 is 19.8 Å². The first-order valence-corrected chi connectivity index (χ1v) is 13.6. The molecule has 0 atom stereocenters. The van der Waals surface area contributed by atoms with Gasteiger partial charge in [-0.15, -0.1) is 0 Å². The molecule has 0 aliphatic heterocycles. The molecule has 2 rings (SSSR count). The molecule has 2 saturated carbocycles. The first-order valence-electron chi connectivity index (χ1n) is 8.27. The Morgan fingerprint density at radius 1 is 0.778 bits per heavy atom. The second kappa shape index (κ2) is 9.91. The van der Waals surface area contributed by atoms with Gasteiger partial charge in [-0.05, 0) is 0 Å². The Morgan fingerprint density at radius 2 is 1.22 bits per heavy atom. The minimum absolute atomic E-state index is 0. The zero-order valence-corrected chi connectivity index (χ0v) is 15.8. The van der Waals surface area contributed by atoms with Crippen LogP contribution in [0.4, 0.5) is 0 Å². The van der Waals surface area contributed by atoms with E-state index in [1.165, 1.54) is 14.3 Å². The molecule has 2 heteroatoms. The minimum atomic E-state index is -1.05. The van der Waals surface area contributed by atoms with E-state index in [0.29, 0.717) is 0 Å². The van der Waals surface area contributed by atoms with Crippen LogP contribution >= 0.6 is 0 Å². The third kappa shape index (κ3) is 5.23. The van der Waals surface area contributed by atoms with E-state index in [0.717, 1.165) is 0 Å². The number of hydrogen-bond acceptors (Lipinski definition) is 0. The molecule has 0 aromatic heterocycles. The van der Waals surface area contributed by atoms with Crippen LogP contribution in [-0.2, 0) is 0 Å². The summed E-state index contributed by atoms with van der Waals surface area (Å²) in [6.45, 7) is 2.39. The molecule has 0 nitrogen and oxygen atoms in total. The van der Waals surface area contributed by atoms with Crippen molar-refractivity contribution >= 4 is 19.8 Å². The van der Waals surface area contributed by atoms with Gasteiger partial charge in [-0.2, -0.15) is 0 Å². The van der Waals surface area contributed by atoms with Crippen LogP contribution in [0.15, 0.2) is 0 Å². The summed E-state index contributed by atoms with van der Waals surface area (Å²) in [5, 5.41) is 0. The fourth-order valence-electron chi connectivity index (χ4n) is 4.07. The van der Waals surface area contributed by atoms with Gasteiger partial charge in [0, 0.05) is 0 Å². The summed E-state index contributed by atoms with van der Waals surface area (Å²) in [7, 11) is 0. The molecular weight excluding hydrogens is 346 g/mol. The van der Waals surface area contributed by atoms with Crippen LogP contribution in [-0.4, -0.2) is 19.8 Å². The van der Waals surface area contributed by atoms with Gasteiger partial charge in [0.15, 0.2) is 0 Å². The molecule has 2 aliphatic rings. The van der Waals surface area contributed by atoms with E-state index >= 15 is 0 Å². The van der Waals surface area contributed by atoms with Gasteiger partial charge in [-0.3, -0.25) is 0 Å². The van der Waals surface area contributed by atoms with E-state index in [2.05, 4.69) is 6.92 Å². The van der Waals surface area contributed by atoms with Crippen LogP contribution in [0.25, 0.3) is 0 Å². The average molecular weight is 378 g/mol. The second-order valence-electron chi connectivity index (χ2n) is 6.35. The maximum absolute atomic E-state index is 2.39. The molecule has 0 N–H and O–H groups in total. The van der Waals surface area contributed by atoms with Crippen molar-refractivity contribution in [2.75, 3.05) is 0 Å².